The molecule has 0 unspecified atom stereocenters. The number of anilines is 2. The van der Waals surface area contributed by atoms with Crippen molar-refractivity contribution in [1.82, 2.24) is 14.9 Å². The number of halogens is 1. The van der Waals surface area contributed by atoms with Crippen molar-refractivity contribution in [2.45, 2.75) is 13.0 Å². The van der Waals surface area contributed by atoms with E-state index in [9.17, 15) is 0 Å². The molecule has 1 aromatic carbocycles. The highest BCUT2D eigenvalue weighted by Crippen LogP contribution is 2.24. The third kappa shape index (κ3) is 4.35. The van der Waals surface area contributed by atoms with Gasteiger partial charge in [-0.3, -0.25) is 4.90 Å². The maximum Gasteiger partial charge on any atom is 0.223 e. The van der Waals surface area contributed by atoms with Crippen molar-refractivity contribution < 1.29 is 4.74 Å². The lowest BCUT2D eigenvalue weighted by molar-refractivity contribution is 0.0187. The van der Waals surface area contributed by atoms with Crippen LogP contribution in [0.4, 0.5) is 11.8 Å². The molecule has 2 aromatic rings. The van der Waals surface area contributed by atoms with E-state index in [0.29, 0.717) is 17.5 Å². The lowest BCUT2D eigenvalue weighted by Gasteiger charge is -2.35. The largest absolute Gasteiger partial charge is 0.379 e. The van der Waals surface area contributed by atoms with Crippen LogP contribution in [0.1, 0.15) is 17.2 Å². The van der Waals surface area contributed by atoms with E-state index in [4.69, 9.17) is 22.1 Å². The quantitative estimate of drug-likeness (QED) is 0.809. The Morgan fingerprint density at radius 3 is 2.79 bits per heavy atom. The van der Waals surface area contributed by atoms with Crippen LogP contribution in [0, 0.1) is 6.92 Å². The van der Waals surface area contributed by atoms with E-state index in [-0.39, 0.29) is 12.0 Å². The highest BCUT2D eigenvalue weighted by Gasteiger charge is 2.22. The van der Waals surface area contributed by atoms with Crippen LogP contribution >= 0.6 is 11.6 Å². The molecule has 1 saturated heterocycles. The fourth-order valence-corrected chi connectivity index (χ4v) is 3.14. The minimum absolute atomic E-state index is 0.170. The fourth-order valence-electron chi connectivity index (χ4n) is 2.95. The van der Waals surface area contributed by atoms with Gasteiger partial charge in [0, 0.05) is 25.7 Å². The summed E-state index contributed by atoms with van der Waals surface area (Å²) in [5, 5.41) is 3.68. The number of morpholine rings is 1. The summed E-state index contributed by atoms with van der Waals surface area (Å²) in [5.41, 5.74) is 8.19. The van der Waals surface area contributed by atoms with Gasteiger partial charge in [-0.1, -0.05) is 41.4 Å². The predicted octanol–water partition coefficient (Wildman–Crippen LogP) is 2.51. The number of nitrogens with one attached hydrogen (secondary N) is 1. The molecular weight excluding hydrogens is 326 g/mol. The number of nitrogens with zero attached hydrogens (tertiary/aromatic N) is 3. The van der Waals surface area contributed by atoms with E-state index in [1.54, 1.807) is 6.07 Å². The molecule has 0 aliphatic carbocycles. The SMILES string of the molecule is Cc1cccc([C@@H](CNc2cc(Cl)nc(N)n2)N2CCOCC2)c1. The van der Waals surface area contributed by atoms with E-state index in [0.717, 1.165) is 26.3 Å². The number of aromatic nitrogens is 2. The number of hydrogen-bond acceptors (Lipinski definition) is 6. The molecule has 2 heterocycles. The van der Waals surface area contributed by atoms with Crippen LogP contribution < -0.4 is 11.1 Å². The molecule has 3 N–H and O–H groups in total. The van der Waals surface area contributed by atoms with Gasteiger partial charge in [-0.15, -0.1) is 0 Å². The average Bonchev–Trinajstić information content (AvgIpc) is 2.55. The summed E-state index contributed by atoms with van der Waals surface area (Å²) in [5.74, 6) is 0.807. The van der Waals surface area contributed by atoms with Gasteiger partial charge in [0.1, 0.15) is 11.0 Å². The highest BCUT2D eigenvalue weighted by molar-refractivity contribution is 6.29. The van der Waals surface area contributed by atoms with Gasteiger partial charge in [0.15, 0.2) is 0 Å². The number of benzene rings is 1. The van der Waals surface area contributed by atoms with E-state index in [1.165, 1.54) is 11.1 Å². The Morgan fingerprint density at radius 1 is 1.29 bits per heavy atom. The number of aryl methyl sites for hydroxylation is 1. The van der Waals surface area contributed by atoms with Crippen LogP contribution in [0.25, 0.3) is 0 Å². The van der Waals surface area contributed by atoms with E-state index < -0.39 is 0 Å². The Balaban J connectivity index is 1.78. The van der Waals surface area contributed by atoms with Gasteiger partial charge >= 0.3 is 0 Å². The van der Waals surface area contributed by atoms with Crippen LogP contribution in [0.3, 0.4) is 0 Å². The lowest BCUT2D eigenvalue weighted by Crippen LogP contribution is -2.41. The Kier molecular flexibility index (Phi) is 5.50. The predicted molar refractivity (Wildman–Crippen MR) is 96.3 cm³/mol. The third-order valence-electron chi connectivity index (χ3n) is 4.10. The fraction of sp³-hybridized carbons (Fsp3) is 0.412. The van der Waals surface area contributed by atoms with E-state index in [2.05, 4.69) is 51.4 Å². The second kappa shape index (κ2) is 7.79. The molecule has 128 valence electrons. The highest BCUT2D eigenvalue weighted by atomic mass is 35.5. The first-order valence-corrected chi connectivity index (χ1v) is 8.42. The first-order chi connectivity index (χ1) is 11.6. The summed E-state index contributed by atoms with van der Waals surface area (Å²) < 4.78 is 5.49. The standard InChI is InChI=1S/C17H22ClN5O/c1-12-3-2-4-13(9-12)14(23-5-7-24-8-6-23)11-20-16-10-15(18)21-17(19)22-16/h2-4,9-10,14H,5-8,11H2,1H3,(H3,19,20,21,22)/t14-/m1/s1. The number of nitrogen functional groups attached to an aromatic ring is 1. The first kappa shape index (κ1) is 17.0. The van der Waals surface area contributed by atoms with E-state index >= 15 is 0 Å². The zero-order valence-electron chi connectivity index (χ0n) is 13.7. The summed E-state index contributed by atoms with van der Waals surface area (Å²) in [6.45, 7) is 6.15. The van der Waals surface area contributed by atoms with Gasteiger partial charge in [0.25, 0.3) is 0 Å². The molecule has 0 saturated carbocycles. The molecule has 1 aliphatic heterocycles. The summed E-state index contributed by atoms with van der Waals surface area (Å²) in [6.07, 6.45) is 0. The number of hydrogen-bond donors (Lipinski definition) is 2. The second-order valence-corrected chi connectivity index (χ2v) is 6.28. The van der Waals surface area contributed by atoms with E-state index in [1.807, 2.05) is 0 Å². The van der Waals surface area contributed by atoms with Crippen LogP contribution in [0.15, 0.2) is 30.3 Å². The molecule has 3 rings (SSSR count). The zero-order valence-corrected chi connectivity index (χ0v) is 14.5. The topological polar surface area (TPSA) is 76.3 Å². The van der Waals surface area contributed by atoms with Crippen molar-refractivity contribution in [2.24, 2.45) is 0 Å². The van der Waals surface area contributed by atoms with Crippen LogP contribution in [0.5, 0.6) is 0 Å². The van der Waals surface area contributed by atoms with Gasteiger partial charge in [0.05, 0.1) is 19.3 Å². The van der Waals surface area contributed by atoms with Gasteiger partial charge in [-0.25, -0.2) is 4.98 Å². The number of rotatable bonds is 5. The summed E-state index contributed by atoms with van der Waals surface area (Å²) in [7, 11) is 0. The normalized spacial score (nSPS) is 16.8. The Hall–Kier alpha value is -1.89. The van der Waals surface area contributed by atoms with Gasteiger partial charge < -0.3 is 15.8 Å². The molecule has 0 amide bonds. The maximum atomic E-state index is 5.95. The molecule has 0 radical (unpaired) electrons. The van der Waals surface area contributed by atoms with Crippen LogP contribution in [0.2, 0.25) is 5.15 Å². The van der Waals surface area contributed by atoms with Crippen molar-refractivity contribution in [3.63, 3.8) is 0 Å². The molecular formula is C17H22ClN5O. The van der Waals surface area contributed by atoms with Gasteiger partial charge in [0.2, 0.25) is 5.95 Å². The number of ether oxygens (including phenoxy) is 1. The Bertz CT molecular complexity index is 670. The molecule has 1 aliphatic rings. The van der Waals surface area contributed by atoms with Crippen LogP contribution in [-0.4, -0.2) is 47.7 Å². The van der Waals surface area contributed by atoms with Crippen LogP contribution in [-0.2, 0) is 4.74 Å². The smallest absolute Gasteiger partial charge is 0.223 e. The third-order valence-corrected chi connectivity index (χ3v) is 4.30. The minimum Gasteiger partial charge on any atom is -0.379 e. The maximum absolute atomic E-state index is 5.95. The number of nitrogens with two attached hydrogens (primary N) is 1. The Labute approximate surface area is 147 Å². The van der Waals surface area contributed by atoms with Crippen molar-refractivity contribution in [3.8, 4) is 0 Å². The molecule has 0 bridgehead atoms. The van der Waals surface area contributed by atoms with Crippen molar-refractivity contribution in [2.75, 3.05) is 43.9 Å². The summed E-state index contributed by atoms with van der Waals surface area (Å²) in [4.78, 5) is 10.5. The molecule has 1 aromatic heterocycles. The minimum atomic E-state index is 0.170. The molecule has 6 nitrogen and oxygen atoms in total. The van der Waals surface area contributed by atoms with Crippen molar-refractivity contribution in [3.05, 3.63) is 46.6 Å². The average molecular weight is 348 g/mol. The van der Waals surface area contributed by atoms with Crippen molar-refractivity contribution >= 4 is 23.4 Å². The van der Waals surface area contributed by atoms with Gasteiger partial charge in [-0.05, 0) is 12.5 Å². The monoisotopic (exact) mass is 347 g/mol. The summed E-state index contributed by atoms with van der Waals surface area (Å²) in [6, 6.07) is 10.5. The molecule has 24 heavy (non-hydrogen) atoms. The Morgan fingerprint density at radius 2 is 2.08 bits per heavy atom. The summed E-state index contributed by atoms with van der Waals surface area (Å²) >= 11 is 5.95. The molecule has 1 atom stereocenters. The first-order valence-electron chi connectivity index (χ1n) is 8.04. The zero-order chi connectivity index (χ0) is 16.9. The molecule has 7 heteroatoms. The molecule has 0 spiro atoms. The van der Waals surface area contributed by atoms with Crippen molar-refractivity contribution in [1.29, 1.82) is 0 Å². The second-order valence-electron chi connectivity index (χ2n) is 5.89. The molecule has 1 fully saturated rings. The lowest BCUT2D eigenvalue weighted by atomic mass is 10.0. The van der Waals surface area contributed by atoms with Gasteiger partial charge in [-0.2, -0.15) is 4.98 Å².